The molecular formula is C11H5F17O. The lowest BCUT2D eigenvalue weighted by atomic mass is 9.84. The van der Waals surface area contributed by atoms with Crippen molar-refractivity contribution in [2.45, 2.75) is 60.2 Å². The molecule has 0 spiro atoms. The third-order valence-electron chi connectivity index (χ3n) is 3.74. The van der Waals surface area contributed by atoms with Gasteiger partial charge in [0.25, 0.3) is 0 Å². The normalized spacial score (nSPS) is 20.8. The van der Waals surface area contributed by atoms with Gasteiger partial charge in [-0.2, -0.15) is 70.2 Å². The second-order valence-corrected chi connectivity index (χ2v) is 5.82. The standard InChI is InChI=1S/C11H5F17O/c12-4(13,1-3-2-29-3)6(15,16)8(19,20)9(21,22)7(17,18)5(14,10(23,24)25)11(26,27)28/h3H,1-2H2. The molecule has 0 aromatic heterocycles. The predicted octanol–water partition coefficient (Wildman–Crippen LogP) is 5.78. The van der Waals surface area contributed by atoms with Crippen LogP contribution in [-0.4, -0.2) is 60.3 Å². The van der Waals surface area contributed by atoms with Crippen LogP contribution in [0.3, 0.4) is 0 Å². The minimum atomic E-state index is -8.71. The maximum atomic E-state index is 13.3. The number of alkyl halides is 17. The molecule has 1 saturated heterocycles. The van der Waals surface area contributed by atoms with Gasteiger partial charge in [-0.1, -0.05) is 0 Å². The summed E-state index contributed by atoms with van der Waals surface area (Å²) in [7, 11) is 0. The van der Waals surface area contributed by atoms with Gasteiger partial charge < -0.3 is 4.74 Å². The fourth-order valence-corrected chi connectivity index (χ4v) is 1.96. The van der Waals surface area contributed by atoms with E-state index in [0.29, 0.717) is 0 Å². The summed E-state index contributed by atoms with van der Waals surface area (Å²) in [5.41, 5.74) is -8.51. The molecule has 1 heterocycles. The molecule has 0 N–H and O–H groups in total. The van der Waals surface area contributed by atoms with Gasteiger partial charge in [-0.25, -0.2) is 4.39 Å². The zero-order valence-electron chi connectivity index (χ0n) is 12.8. The van der Waals surface area contributed by atoms with E-state index in [-0.39, 0.29) is 0 Å². The first-order valence-electron chi connectivity index (χ1n) is 6.66. The second kappa shape index (κ2) is 6.38. The van der Waals surface area contributed by atoms with Crippen LogP contribution in [0.5, 0.6) is 0 Å². The maximum absolute atomic E-state index is 13.3. The lowest BCUT2D eigenvalue weighted by Crippen LogP contribution is -2.76. The van der Waals surface area contributed by atoms with Gasteiger partial charge in [-0.15, -0.1) is 0 Å². The predicted molar refractivity (Wildman–Crippen MR) is 55.0 cm³/mol. The molecule has 0 aliphatic carbocycles. The summed E-state index contributed by atoms with van der Waals surface area (Å²) < 4.78 is 224. The van der Waals surface area contributed by atoms with E-state index in [9.17, 15) is 74.6 Å². The minimum Gasteiger partial charge on any atom is -0.373 e. The van der Waals surface area contributed by atoms with Gasteiger partial charge in [-0.05, 0) is 0 Å². The van der Waals surface area contributed by atoms with E-state index in [2.05, 4.69) is 4.74 Å². The third-order valence-corrected chi connectivity index (χ3v) is 3.74. The first-order chi connectivity index (χ1) is 12.3. The zero-order chi connectivity index (χ0) is 23.7. The van der Waals surface area contributed by atoms with Crippen LogP contribution in [0.15, 0.2) is 0 Å². The number of halogens is 17. The first kappa shape index (κ1) is 25.8. The number of epoxide rings is 1. The van der Waals surface area contributed by atoms with Crippen molar-refractivity contribution < 1.29 is 79.4 Å². The van der Waals surface area contributed by atoms with Gasteiger partial charge in [0.15, 0.2) is 0 Å². The molecule has 1 unspecified atom stereocenters. The summed E-state index contributed by atoms with van der Waals surface area (Å²) in [4.78, 5) is 0. The summed E-state index contributed by atoms with van der Waals surface area (Å²) in [6.45, 7) is -0.806. The molecule has 1 aliphatic heterocycles. The zero-order valence-corrected chi connectivity index (χ0v) is 12.8. The van der Waals surface area contributed by atoms with E-state index in [0.717, 1.165) is 0 Å². The molecule has 1 nitrogen and oxygen atoms in total. The van der Waals surface area contributed by atoms with Crippen molar-refractivity contribution in [2.24, 2.45) is 0 Å². The smallest absolute Gasteiger partial charge is 0.373 e. The van der Waals surface area contributed by atoms with Crippen molar-refractivity contribution in [1.82, 2.24) is 0 Å². The monoisotopic (exact) mass is 476 g/mol. The average molecular weight is 476 g/mol. The van der Waals surface area contributed by atoms with E-state index in [1.165, 1.54) is 0 Å². The van der Waals surface area contributed by atoms with Crippen LogP contribution in [-0.2, 0) is 4.74 Å². The highest BCUT2D eigenvalue weighted by Gasteiger charge is 2.97. The van der Waals surface area contributed by atoms with Gasteiger partial charge in [-0.3, -0.25) is 0 Å². The molecule has 1 fully saturated rings. The summed E-state index contributed by atoms with van der Waals surface area (Å²) in [6.07, 6.45) is -20.7. The van der Waals surface area contributed by atoms with Crippen LogP contribution in [0.4, 0.5) is 74.6 Å². The van der Waals surface area contributed by atoms with Crippen molar-refractivity contribution in [2.75, 3.05) is 6.61 Å². The van der Waals surface area contributed by atoms with E-state index >= 15 is 0 Å². The van der Waals surface area contributed by atoms with Gasteiger partial charge in [0, 0.05) is 6.42 Å². The minimum absolute atomic E-state index is 0.806. The molecule has 29 heavy (non-hydrogen) atoms. The molecule has 1 aliphatic rings. The molecule has 1 rings (SSSR count). The molecule has 174 valence electrons. The molecule has 0 bridgehead atoms. The highest BCUT2D eigenvalue weighted by molar-refractivity contribution is 5.18. The van der Waals surface area contributed by atoms with Crippen molar-refractivity contribution in [3.8, 4) is 0 Å². The van der Waals surface area contributed by atoms with Crippen molar-refractivity contribution in [3.05, 3.63) is 0 Å². The van der Waals surface area contributed by atoms with E-state index in [1.807, 2.05) is 0 Å². The largest absolute Gasteiger partial charge is 0.438 e. The van der Waals surface area contributed by atoms with Gasteiger partial charge >= 0.3 is 47.6 Å². The molecule has 0 radical (unpaired) electrons. The van der Waals surface area contributed by atoms with E-state index in [4.69, 9.17) is 0 Å². The summed E-state index contributed by atoms with van der Waals surface area (Å²) >= 11 is 0. The SMILES string of the molecule is FC(F)(F)C(F)(C(F)(F)F)C(F)(F)C(F)(F)C(F)(F)C(F)(F)C(F)(F)CC1CO1. The van der Waals surface area contributed by atoms with Crippen LogP contribution in [0.2, 0.25) is 0 Å². The summed E-state index contributed by atoms with van der Waals surface area (Å²) in [5.74, 6) is -39.7. The van der Waals surface area contributed by atoms with Gasteiger partial charge in [0.1, 0.15) is 0 Å². The van der Waals surface area contributed by atoms with Crippen molar-refractivity contribution in [3.63, 3.8) is 0 Å². The maximum Gasteiger partial charge on any atom is 0.438 e. The van der Waals surface area contributed by atoms with Crippen molar-refractivity contribution >= 4 is 0 Å². The Morgan fingerprint density at radius 3 is 1.10 bits per heavy atom. The molecule has 0 aromatic rings. The fourth-order valence-electron chi connectivity index (χ4n) is 1.96. The Morgan fingerprint density at radius 2 is 0.828 bits per heavy atom. The summed E-state index contributed by atoms with van der Waals surface area (Å²) in [6, 6.07) is 0. The van der Waals surface area contributed by atoms with Crippen LogP contribution < -0.4 is 0 Å². The highest BCUT2D eigenvalue weighted by Crippen LogP contribution is 2.65. The molecule has 1 atom stereocenters. The Morgan fingerprint density at radius 1 is 0.517 bits per heavy atom. The number of rotatable bonds is 7. The van der Waals surface area contributed by atoms with Crippen LogP contribution in [0, 0.1) is 0 Å². The Kier molecular flexibility index (Phi) is 5.68. The van der Waals surface area contributed by atoms with E-state index < -0.39 is 66.8 Å². The molecule has 0 aromatic carbocycles. The molecular weight excluding hydrogens is 471 g/mol. The topological polar surface area (TPSA) is 12.5 Å². The van der Waals surface area contributed by atoms with Crippen LogP contribution in [0.1, 0.15) is 6.42 Å². The molecule has 0 saturated carbocycles. The average Bonchev–Trinajstić information content (AvgIpc) is 3.26. The first-order valence-corrected chi connectivity index (χ1v) is 6.66. The molecule has 0 amide bonds. The van der Waals surface area contributed by atoms with Crippen molar-refractivity contribution in [1.29, 1.82) is 0 Å². The van der Waals surface area contributed by atoms with Gasteiger partial charge in [0.05, 0.1) is 12.7 Å². The van der Waals surface area contributed by atoms with Gasteiger partial charge in [0.2, 0.25) is 0 Å². The lowest BCUT2D eigenvalue weighted by Gasteiger charge is -2.44. The Hall–Kier alpha value is -1.23. The number of hydrogen-bond donors (Lipinski definition) is 0. The Bertz CT molecular complexity index is 596. The van der Waals surface area contributed by atoms with Crippen LogP contribution in [0.25, 0.3) is 0 Å². The third kappa shape index (κ3) is 3.37. The summed E-state index contributed by atoms with van der Waals surface area (Å²) in [5, 5.41) is 0. The number of hydrogen-bond acceptors (Lipinski definition) is 1. The fraction of sp³-hybridized carbons (Fsp3) is 1.00. The lowest BCUT2D eigenvalue weighted by molar-refractivity contribution is -0.465. The molecule has 18 heteroatoms. The highest BCUT2D eigenvalue weighted by atomic mass is 19.4. The Labute approximate surface area is 147 Å². The van der Waals surface area contributed by atoms with E-state index in [1.54, 1.807) is 0 Å². The second-order valence-electron chi connectivity index (χ2n) is 5.82. The quantitative estimate of drug-likeness (QED) is 0.335. The van der Waals surface area contributed by atoms with Crippen LogP contribution >= 0.6 is 0 Å². The number of ether oxygens (including phenoxy) is 1. The Balaban J connectivity index is 3.63.